The first-order valence-electron chi connectivity index (χ1n) is 28.9. The summed E-state index contributed by atoms with van der Waals surface area (Å²) >= 11 is 0. The number of hydrogen-bond donors (Lipinski definition) is 23. The van der Waals surface area contributed by atoms with E-state index in [2.05, 4.69) is 57.2 Å². The van der Waals surface area contributed by atoms with Gasteiger partial charge in [-0.2, -0.15) is 4.98 Å². The van der Waals surface area contributed by atoms with E-state index in [-0.39, 0.29) is 35.6 Å². The van der Waals surface area contributed by atoms with Gasteiger partial charge in [-0.25, -0.2) is 33.9 Å². The van der Waals surface area contributed by atoms with Crippen molar-refractivity contribution in [2.24, 2.45) is 11.8 Å². The predicted molar refractivity (Wildman–Crippen MR) is 316 cm³/mol. The van der Waals surface area contributed by atoms with Crippen LogP contribution in [0.1, 0.15) is 93.6 Å². The number of aliphatic hydroxyl groups excluding tert-OH is 9. The van der Waals surface area contributed by atoms with Gasteiger partial charge in [-0.1, -0.05) is 6.92 Å². The summed E-state index contributed by atoms with van der Waals surface area (Å²) in [6.07, 6.45) is -27.4. The van der Waals surface area contributed by atoms with E-state index in [0.717, 1.165) is 0 Å². The van der Waals surface area contributed by atoms with E-state index in [1.807, 2.05) is 0 Å². The number of benzene rings is 1. The molecule has 0 saturated heterocycles. The zero-order valence-corrected chi connectivity index (χ0v) is 50.5. The van der Waals surface area contributed by atoms with Gasteiger partial charge in [0.05, 0.1) is 24.5 Å². The number of H-pyrrole nitrogens is 1. The van der Waals surface area contributed by atoms with Crippen LogP contribution in [0.3, 0.4) is 0 Å². The van der Waals surface area contributed by atoms with E-state index < -0.39 is 251 Å². The molecule has 1 aromatic carbocycles. The number of nitrogens with one attached hydrogen (secondary N) is 8. The number of hydrogen-bond acceptors (Lipinski definition) is 28. The van der Waals surface area contributed by atoms with Gasteiger partial charge in [0.25, 0.3) is 11.5 Å². The van der Waals surface area contributed by atoms with Crippen LogP contribution in [0.2, 0.25) is 0 Å². The number of amides is 6. The van der Waals surface area contributed by atoms with Gasteiger partial charge in [0.1, 0.15) is 54.5 Å². The number of carbonyl (C=O) groups excluding carboxylic acids is 8. The SMILES string of the molecule is CC[C@H](NC(=O)[C@H](CCC(=O)NC[C@H](O)[C@@H](O)[C@H](O)C(=O)O)CC(=O)[C@H](CCC(=O)NC[C@H](O)[C@@H](O)[C@H](O)C(=O)O)NC(=O)[C@H](CCC(=O)NC[C@H](O)[C@@H](O)[C@H](O)C(=O)O)CC(=O)CC[C@H](NC(=O)c1ccc(NCc2cnc3nc(N)[nH]c(=O)c3n2)cc1)C(=O)O)C(=O)O. The summed E-state index contributed by atoms with van der Waals surface area (Å²) in [5.74, 6) is -21.3. The fraction of sp³-hybridized carbons (Fsp3) is 0.545. The second-order valence-electron chi connectivity index (χ2n) is 21.5. The van der Waals surface area contributed by atoms with Gasteiger partial charge >= 0.3 is 29.8 Å². The van der Waals surface area contributed by atoms with E-state index in [9.17, 15) is 123 Å². The van der Waals surface area contributed by atoms with E-state index >= 15 is 0 Å². The Morgan fingerprint density at radius 2 is 0.958 bits per heavy atom. The Hall–Kier alpha value is -9.81. The number of aromatic amines is 1. The molecule has 0 aliphatic rings. The second-order valence-corrected chi connectivity index (χ2v) is 21.5. The number of aliphatic hydroxyl groups is 9. The highest BCUT2D eigenvalue weighted by molar-refractivity contribution is 5.98. The maximum atomic E-state index is 14.5. The smallest absolute Gasteiger partial charge is 0.335 e. The molecule has 0 unspecified atom stereocenters. The molecule has 2 heterocycles. The highest BCUT2D eigenvalue weighted by Gasteiger charge is 2.36. The molecule has 0 saturated carbocycles. The Morgan fingerprint density at radius 1 is 0.526 bits per heavy atom. The monoisotopic (exact) mass is 1350 g/mol. The quantitative estimate of drug-likeness (QED) is 0.0250. The van der Waals surface area contributed by atoms with Crippen LogP contribution in [0.5, 0.6) is 0 Å². The van der Waals surface area contributed by atoms with Crippen LogP contribution in [0, 0.1) is 11.8 Å². The third-order valence-electron chi connectivity index (χ3n) is 14.4. The first-order chi connectivity index (χ1) is 44.5. The minimum absolute atomic E-state index is 0.00318. The third-order valence-corrected chi connectivity index (χ3v) is 14.4. The minimum atomic E-state index is -2.53. The van der Waals surface area contributed by atoms with Crippen molar-refractivity contribution in [3.8, 4) is 0 Å². The van der Waals surface area contributed by atoms with Crippen LogP contribution in [-0.2, 0) is 64.1 Å². The molecule has 40 nitrogen and oxygen atoms in total. The summed E-state index contributed by atoms with van der Waals surface area (Å²) in [6.45, 7) is -1.32. The van der Waals surface area contributed by atoms with Crippen LogP contribution in [0.15, 0.2) is 35.3 Å². The topological polar surface area (TPSA) is 687 Å². The molecule has 14 atom stereocenters. The summed E-state index contributed by atoms with van der Waals surface area (Å²) in [5.41, 5.74) is 5.51. The Morgan fingerprint density at radius 3 is 1.40 bits per heavy atom. The number of rotatable bonds is 44. The maximum Gasteiger partial charge on any atom is 0.335 e. The van der Waals surface area contributed by atoms with Crippen molar-refractivity contribution in [2.75, 3.05) is 30.7 Å². The van der Waals surface area contributed by atoms with Crippen molar-refractivity contribution in [3.05, 3.63) is 52.1 Å². The van der Waals surface area contributed by atoms with Gasteiger partial charge < -0.3 is 114 Å². The van der Waals surface area contributed by atoms with Gasteiger partial charge in [-0.15, -0.1) is 0 Å². The Bertz CT molecular complexity index is 3280. The normalized spacial score (nSPS) is 15.7. The molecule has 6 amide bonds. The fourth-order valence-corrected chi connectivity index (χ4v) is 8.68. The molecule has 0 spiro atoms. The van der Waals surface area contributed by atoms with E-state index in [4.69, 9.17) is 21.1 Å². The molecule has 24 N–H and O–H groups in total. The summed E-state index contributed by atoms with van der Waals surface area (Å²) in [7, 11) is 0. The second kappa shape index (κ2) is 38.4. The zero-order chi connectivity index (χ0) is 71.6. The molecule has 0 fully saturated rings. The molecule has 3 rings (SSSR count). The van der Waals surface area contributed by atoms with Gasteiger partial charge in [-0.05, 0) is 56.4 Å². The van der Waals surface area contributed by atoms with Crippen LogP contribution in [-0.4, -0.2) is 261 Å². The molecule has 2 aromatic heterocycles. The van der Waals surface area contributed by atoms with E-state index in [0.29, 0.717) is 11.4 Å². The number of nitrogens with zero attached hydrogens (tertiary/aromatic N) is 3. The minimum Gasteiger partial charge on any atom is -0.480 e. The molecule has 40 heteroatoms. The molecular weight excluding hydrogens is 1280 g/mol. The van der Waals surface area contributed by atoms with Crippen LogP contribution in [0.4, 0.5) is 11.6 Å². The molecule has 95 heavy (non-hydrogen) atoms. The highest BCUT2D eigenvalue weighted by atomic mass is 16.4. The van der Waals surface area contributed by atoms with Crippen LogP contribution < -0.4 is 48.5 Å². The first-order valence-corrected chi connectivity index (χ1v) is 28.9. The number of fused-ring (bicyclic) bond motifs is 1. The number of anilines is 2. The molecule has 3 aromatic rings. The van der Waals surface area contributed by atoms with Crippen molar-refractivity contribution in [1.82, 2.24) is 51.8 Å². The summed E-state index contributed by atoms with van der Waals surface area (Å²) < 4.78 is 0. The number of aliphatic carboxylic acids is 5. The molecule has 0 aliphatic carbocycles. The third kappa shape index (κ3) is 26.3. The Balaban J connectivity index is 1.94. The van der Waals surface area contributed by atoms with Crippen molar-refractivity contribution in [2.45, 2.75) is 157 Å². The summed E-state index contributed by atoms with van der Waals surface area (Å²) in [6, 6.07) is 0.173. The van der Waals surface area contributed by atoms with Crippen LogP contribution >= 0.6 is 0 Å². The Labute approximate surface area is 535 Å². The van der Waals surface area contributed by atoms with Gasteiger partial charge in [0.15, 0.2) is 35.3 Å². The average molecular weight is 1350 g/mol. The largest absolute Gasteiger partial charge is 0.480 e. The number of carboxylic acids is 5. The number of carboxylic acid groups (broad SMARTS) is 5. The fourth-order valence-electron chi connectivity index (χ4n) is 8.68. The lowest BCUT2D eigenvalue weighted by Gasteiger charge is -2.25. The number of Topliss-reactive ketones (excluding diaryl/α,β-unsaturated/α-hetero) is 2. The standard InChI is InChI=1S/C55H76N12O28/c1-2-28(50(86)87)63-48(84)24(6-13-36(74)59-20-33(71)40(77)43(80)53(92)93)16-31(69)29(11-14-37(75)60-21-34(72)41(78)44(81)54(94)95)64-47(83)23(5-12-35(73)58-19-32(70)39(76)42(79)52(90)91)15-27(68)9-10-30(51(88)89)65-46(82)22-3-7-25(8-4-22)57-17-26-18-61-45-38(62-26)49(85)67-55(56)66-45/h3-4,7-8,18,23-24,28-30,32-34,39-44,57,70-72,76-81H,2,5-6,9-17,19-21H2,1H3,(H,58,73)(H,59,74)(H,60,75)(H,63,84)(H,64,83)(H,65,82)(H,86,87)(H,88,89)(H,90,91)(H,92,93)(H,94,95)(H3,56,61,66,67,85)/t23-,24-,28+,29+,30+,32+,33+,34+,39-,40-,41-,42+,43+,44+/m1/s1. The highest BCUT2D eigenvalue weighted by Crippen LogP contribution is 2.21. The van der Waals surface area contributed by atoms with E-state index in [1.165, 1.54) is 37.4 Å². The van der Waals surface area contributed by atoms with Crippen molar-refractivity contribution in [3.63, 3.8) is 0 Å². The predicted octanol–water partition coefficient (Wildman–Crippen LogP) is -8.32. The van der Waals surface area contributed by atoms with Gasteiger partial charge in [-0.3, -0.25) is 48.1 Å². The molecule has 0 aliphatic heterocycles. The number of aromatic nitrogens is 4. The lowest BCUT2D eigenvalue weighted by molar-refractivity contribution is -0.158. The molecule has 524 valence electrons. The van der Waals surface area contributed by atoms with Gasteiger partial charge in [0, 0.05) is 81.2 Å². The van der Waals surface area contributed by atoms with Crippen molar-refractivity contribution < 1.29 is 134 Å². The average Bonchev–Trinajstić information content (AvgIpc) is 0.821. The lowest BCUT2D eigenvalue weighted by atomic mass is 9.90. The molecular formula is C55H76N12O28. The van der Waals surface area contributed by atoms with Crippen LogP contribution in [0.25, 0.3) is 11.2 Å². The Kier molecular flexibility index (Phi) is 32.1. The number of nitrogen functional groups attached to an aromatic ring is 1. The number of carbonyl (C=O) groups is 13. The molecule has 0 bridgehead atoms. The summed E-state index contributed by atoms with van der Waals surface area (Å²) in [5, 5.41) is 152. The number of nitrogens with two attached hydrogens (primary N) is 1. The lowest BCUT2D eigenvalue weighted by Crippen LogP contribution is -2.49. The van der Waals surface area contributed by atoms with Crippen molar-refractivity contribution >= 4 is 99.7 Å². The van der Waals surface area contributed by atoms with Crippen molar-refractivity contribution in [1.29, 1.82) is 0 Å². The molecule has 0 radical (unpaired) electrons. The van der Waals surface area contributed by atoms with E-state index in [1.54, 1.807) is 0 Å². The summed E-state index contributed by atoms with van der Waals surface area (Å²) in [4.78, 5) is 194. The maximum absolute atomic E-state index is 14.5. The first kappa shape index (κ1) is 79.4. The zero-order valence-electron chi connectivity index (χ0n) is 50.5. The van der Waals surface area contributed by atoms with Gasteiger partial charge in [0.2, 0.25) is 35.5 Å². The number of ketones is 2.